The minimum absolute atomic E-state index is 0.00316. The van der Waals surface area contributed by atoms with Gasteiger partial charge in [-0.1, -0.05) is 35.8 Å². The topological polar surface area (TPSA) is 79.5 Å². The molecule has 2 amide bonds. The van der Waals surface area contributed by atoms with E-state index in [1.807, 2.05) is 43.0 Å². The van der Waals surface area contributed by atoms with Crippen molar-refractivity contribution in [2.24, 2.45) is 5.92 Å². The van der Waals surface area contributed by atoms with Crippen LogP contribution in [0.25, 0.3) is 0 Å². The number of carbonyl (C=O) groups is 2. The van der Waals surface area contributed by atoms with Gasteiger partial charge in [0, 0.05) is 48.1 Å². The Labute approximate surface area is 178 Å². The molecule has 0 spiro atoms. The minimum atomic E-state index is -0.283. The molecule has 8 heteroatoms. The van der Waals surface area contributed by atoms with E-state index in [-0.39, 0.29) is 36.0 Å². The van der Waals surface area contributed by atoms with E-state index in [1.165, 1.54) is 0 Å². The Morgan fingerprint density at radius 1 is 1.24 bits per heavy atom. The Kier molecular flexibility index (Phi) is 5.72. The Balaban J connectivity index is 1.35. The number of halogens is 1. The summed E-state index contributed by atoms with van der Waals surface area (Å²) in [5.74, 6) is 1.54. The fourth-order valence-corrected chi connectivity index (χ4v) is 4.40. The van der Waals surface area contributed by atoms with Crippen LogP contribution in [-0.2, 0) is 9.59 Å². The minimum Gasteiger partial charge on any atom is -0.425 e. The predicted molar refractivity (Wildman–Crippen MR) is 112 cm³/mol. The molecule has 1 unspecified atom stereocenters. The highest BCUT2D eigenvalue weighted by atomic mass is 79.9. The lowest BCUT2D eigenvalue weighted by Crippen LogP contribution is -2.42. The molecule has 4 rings (SSSR count). The monoisotopic (exact) mass is 460 g/mol. The van der Waals surface area contributed by atoms with Crippen LogP contribution in [0.3, 0.4) is 0 Å². The lowest BCUT2D eigenvalue weighted by Gasteiger charge is -2.32. The van der Waals surface area contributed by atoms with Crippen molar-refractivity contribution in [1.82, 2.24) is 15.1 Å². The second kappa shape index (κ2) is 8.26. The van der Waals surface area contributed by atoms with Crippen molar-refractivity contribution < 1.29 is 14.0 Å². The number of hydrogen-bond donors (Lipinski definition) is 0. The molecule has 0 aliphatic carbocycles. The van der Waals surface area contributed by atoms with Gasteiger partial charge in [-0.25, -0.2) is 0 Å². The van der Waals surface area contributed by atoms with Crippen LogP contribution in [0.5, 0.6) is 0 Å². The molecule has 154 valence electrons. The molecule has 2 fully saturated rings. The highest BCUT2D eigenvalue weighted by molar-refractivity contribution is 9.10. The van der Waals surface area contributed by atoms with E-state index in [4.69, 9.17) is 4.42 Å². The molecule has 0 N–H and O–H groups in total. The molecule has 1 atom stereocenters. The summed E-state index contributed by atoms with van der Waals surface area (Å²) in [4.78, 5) is 29.1. The fraction of sp³-hybridized carbons (Fsp3) is 0.524. The van der Waals surface area contributed by atoms with E-state index in [9.17, 15) is 9.59 Å². The Hall–Kier alpha value is -2.22. The average molecular weight is 461 g/mol. The van der Waals surface area contributed by atoms with E-state index < -0.39 is 0 Å². The maximum absolute atomic E-state index is 13.0. The number of piperidine rings is 1. The first kappa shape index (κ1) is 20.1. The van der Waals surface area contributed by atoms with Crippen LogP contribution in [0.4, 0.5) is 5.69 Å². The van der Waals surface area contributed by atoms with E-state index in [1.54, 1.807) is 4.90 Å². The van der Waals surface area contributed by atoms with E-state index in [0.717, 1.165) is 23.0 Å². The summed E-state index contributed by atoms with van der Waals surface area (Å²) in [7, 11) is 0. The van der Waals surface area contributed by atoms with E-state index >= 15 is 0 Å². The van der Waals surface area contributed by atoms with Crippen LogP contribution in [-0.4, -0.2) is 46.5 Å². The summed E-state index contributed by atoms with van der Waals surface area (Å²) in [5.41, 5.74) is 0.829. The number of aromatic nitrogens is 2. The molecule has 0 radical (unpaired) electrons. The van der Waals surface area contributed by atoms with Gasteiger partial charge in [-0.3, -0.25) is 9.59 Å². The summed E-state index contributed by atoms with van der Waals surface area (Å²) < 4.78 is 6.70. The Bertz CT molecular complexity index is 905. The molecule has 1 aromatic carbocycles. The van der Waals surface area contributed by atoms with E-state index in [2.05, 4.69) is 26.1 Å². The van der Waals surface area contributed by atoms with Gasteiger partial charge < -0.3 is 14.2 Å². The SMILES string of the molecule is CC(C)c1nnc(C2CCN(C(=O)C3CC(=O)N(c4cccc(Br)c4)C3)CC2)o1. The van der Waals surface area contributed by atoms with Gasteiger partial charge in [0.15, 0.2) is 0 Å². The number of anilines is 1. The van der Waals surface area contributed by atoms with Gasteiger partial charge in [-0.05, 0) is 31.0 Å². The molecule has 0 saturated carbocycles. The van der Waals surface area contributed by atoms with Crippen LogP contribution < -0.4 is 4.90 Å². The number of benzene rings is 1. The standard InChI is InChI=1S/C21H25BrN4O3/c1-13(2)19-23-24-20(29-19)14-6-8-25(9-7-14)21(28)15-10-18(27)26(12-15)17-5-3-4-16(22)11-17/h3-5,11,13-15H,6-10,12H2,1-2H3. The molecule has 2 aliphatic rings. The fourth-order valence-electron chi connectivity index (χ4n) is 4.02. The first-order chi connectivity index (χ1) is 13.9. The molecular formula is C21H25BrN4O3. The van der Waals surface area contributed by atoms with Crippen molar-refractivity contribution in [3.8, 4) is 0 Å². The van der Waals surface area contributed by atoms with Crippen molar-refractivity contribution in [1.29, 1.82) is 0 Å². The van der Waals surface area contributed by atoms with Gasteiger partial charge in [0.1, 0.15) is 0 Å². The zero-order chi connectivity index (χ0) is 20.5. The molecule has 3 heterocycles. The largest absolute Gasteiger partial charge is 0.425 e. The van der Waals surface area contributed by atoms with Crippen LogP contribution >= 0.6 is 15.9 Å². The van der Waals surface area contributed by atoms with Gasteiger partial charge in [-0.15, -0.1) is 10.2 Å². The van der Waals surface area contributed by atoms with Crippen LogP contribution in [0, 0.1) is 5.92 Å². The third-order valence-electron chi connectivity index (χ3n) is 5.70. The molecule has 2 aliphatic heterocycles. The quantitative estimate of drug-likeness (QED) is 0.694. The van der Waals surface area contributed by atoms with Crippen molar-refractivity contribution in [2.45, 2.75) is 44.9 Å². The first-order valence-corrected chi connectivity index (χ1v) is 10.9. The maximum atomic E-state index is 13.0. The molecule has 2 saturated heterocycles. The van der Waals surface area contributed by atoms with Gasteiger partial charge >= 0.3 is 0 Å². The molecule has 2 aromatic rings. The lowest BCUT2D eigenvalue weighted by molar-refractivity contribution is -0.136. The highest BCUT2D eigenvalue weighted by Crippen LogP contribution is 2.32. The zero-order valence-electron chi connectivity index (χ0n) is 16.7. The maximum Gasteiger partial charge on any atom is 0.228 e. The molecule has 7 nitrogen and oxygen atoms in total. The molecular weight excluding hydrogens is 436 g/mol. The molecule has 29 heavy (non-hydrogen) atoms. The summed E-state index contributed by atoms with van der Waals surface area (Å²) in [6.45, 7) is 5.81. The Morgan fingerprint density at radius 2 is 2.00 bits per heavy atom. The number of rotatable bonds is 4. The van der Waals surface area contributed by atoms with Crippen molar-refractivity contribution in [2.75, 3.05) is 24.5 Å². The smallest absolute Gasteiger partial charge is 0.228 e. The van der Waals surface area contributed by atoms with Gasteiger partial charge in [0.25, 0.3) is 0 Å². The lowest BCUT2D eigenvalue weighted by atomic mass is 9.95. The Morgan fingerprint density at radius 3 is 2.66 bits per heavy atom. The highest BCUT2D eigenvalue weighted by Gasteiger charge is 2.38. The van der Waals surface area contributed by atoms with Crippen LogP contribution in [0.15, 0.2) is 33.2 Å². The number of likely N-dealkylation sites (tertiary alicyclic amines) is 1. The number of nitrogens with zero attached hydrogens (tertiary/aromatic N) is 4. The van der Waals surface area contributed by atoms with Crippen LogP contribution in [0.2, 0.25) is 0 Å². The summed E-state index contributed by atoms with van der Waals surface area (Å²) in [6, 6.07) is 7.63. The first-order valence-electron chi connectivity index (χ1n) is 10.1. The van der Waals surface area contributed by atoms with Crippen molar-refractivity contribution in [3.05, 3.63) is 40.5 Å². The van der Waals surface area contributed by atoms with Gasteiger partial charge in [0.2, 0.25) is 23.6 Å². The average Bonchev–Trinajstić information content (AvgIpc) is 3.35. The third kappa shape index (κ3) is 4.22. The number of hydrogen-bond acceptors (Lipinski definition) is 5. The third-order valence-corrected chi connectivity index (χ3v) is 6.19. The number of amides is 2. The normalized spacial score (nSPS) is 20.7. The summed E-state index contributed by atoms with van der Waals surface area (Å²) >= 11 is 3.44. The summed E-state index contributed by atoms with van der Waals surface area (Å²) in [5, 5.41) is 8.31. The van der Waals surface area contributed by atoms with Crippen LogP contribution in [0.1, 0.15) is 56.7 Å². The van der Waals surface area contributed by atoms with Gasteiger partial charge in [-0.2, -0.15) is 0 Å². The van der Waals surface area contributed by atoms with Gasteiger partial charge in [0.05, 0.1) is 5.92 Å². The van der Waals surface area contributed by atoms with Crippen molar-refractivity contribution >= 4 is 33.4 Å². The second-order valence-corrected chi connectivity index (χ2v) is 9.03. The summed E-state index contributed by atoms with van der Waals surface area (Å²) in [6.07, 6.45) is 1.88. The van der Waals surface area contributed by atoms with Crippen molar-refractivity contribution in [3.63, 3.8) is 0 Å². The zero-order valence-corrected chi connectivity index (χ0v) is 18.3. The molecule has 1 aromatic heterocycles. The molecule has 0 bridgehead atoms. The predicted octanol–water partition coefficient (Wildman–Crippen LogP) is 3.71. The number of carbonyl (C=O) groups excluding carboxylic acids is 2. The van der Waals surface area contributed by atoms with E-state index in [0.29, 0.717) is 31.4 Å². The second-order valence-electron chi connectivity index (χ2n) is 8.12.